The summed E-state index contributed by atoms with van der Waals surface area (Å²) in [5.41, 5.74) is 6.94. The Hall–Kier alpha value is 0.848. The first-order valence-corrected chi connectivity index (χ1v) is 6.97. The molecule has 0 N–H and O–H groups in total. The molecule has 34 valence electrons. The molecule has 0 saturated carbocycles. The van der Waals surface area contributed by atoms with Crippen molar-refractivity contribution in [1.29, 1.82) is 0 Å². The first-order valence-electron chi connectivity index (χ1n) is 1.34. The van der Waals surface area contributed by atoms with E-state index in [9.17, 15) is 0 Å². The minimum atomic E-state index is -0.188. The fourth-order valence-electron chi connectivity index (χ4n) is 0. The molecule has 2 heteroatoms. The van der Waals surface area contributed by atoms with E-state index in [4.69, 9.17) is 0 Å². The molecule has 0 spiro atoms. The van der Waals surface area contributed by atoms with Gasteiger partial charge in [-0.25, -0.2) is 0 Å². The molecule has 0 atom stereocenters. The standard InChI is InChI=1S/C3H9As.ClH/c1-4(2)3;/h1-3H3;1H. The summed E-state index contributed by atoms with van der Waals surface area (Å²) in [5, 5.41) is 0. The van der Waals surface area contributed by atoms with Crippen molar-refractivity contribution in [2.24, 2.45) is 0 Å². The molecule has 0 rings (SSSR count). The van der Waals surface area contributed by atoms with Gasteiger partial charge in [0, 0.05) is 0 Å². The van der Waals surface area contributed by atoms with Gasteiger partial charge in [-0.15, -0.1) is 12.4 Å². The molecular weight excluding hydrogens is 146 g/mol. The smallest absolute Gasteiger partial charge is 0.147 e. The maximum atomic E-state index is 2.31. The molecule has 0 unspecified atom stereocenters. The molecule has 5 heavy (non-hydrogen) atoms. The zero-order valence-corrected chi connectivity index (χ0v) is 6.55. The summed E-state index contributed by atoms with van der Waals surface area (Å²) in [6.45, 7) is 0. The van der Waals surface area contributed by atoms with Gasteiger partial charge in [0.25, 0.3) is 0 Å². The predicted molar refractivity (Wildman–Crippen MR) is 30.6 cm³/mol. The van der Waals surface area contributed by atoms with Gasteiger partial charge in [0.05, 0.1) is 0 Å². The molecule has 0 fully saturated rings. The Balaban J connectivity index is 0. The van der Waals surface area contributed by atoms with Crippen molar-refractivity contribution in [2.45, 2.75) is 17.1 Å². The summed E-state index contributed by atoms with van der Waals surface area (Å²) < 4.78 is 0. The Kier molecular flexibility index (Phi) is 9.00. The van der Waals surface area contributed by atoms with E-state index in [0.717, 1.165) is 0 Å². The van der Waals surface area contributed by atoms with Crippen LogP contribution in [0.4, 0.5) is 0 Å². The Morgan fingerprint density at radius 3 is 1.00 bits per heavy atom. The first-order chi connectivity index (χ1) is 1.73. The van der Waals surface area contributed by atoms with E-state index in [1.807, 2.05) is 0 Å². The van der Waals surface area contributed by atoms with Crippen molar-refractivity contribution in [3.05, 3.63) is 0 Å². The van der Waals surface area contributed by atoms with Crippen LogP contribution in [-0.2, 0) is 0 Å². The van der Waals surface area contributed by atoms with Crippen molar-refractivity contribution >= 4 is 27.1 Å². The van der Waals surface area contributed by atoms with Crippen LogP contribution in [0.25, 0.3) is 0 Å². The Bertz CT molecular complexity index is 11.6. The van der Waals surface area contributed by atoms with Crippen LogP contribution in [-0.4, -0.2) is 14.7 Å². The quantitative estimate of drug-likeness (QED) is 0.469. The van der Waals surface area contributed by atoms with Gasteiger partial charge in [-0.2, -0.15) is 0 Å². The summed E-state index contributed by atoms with van der Waals surface area (Å²) in [7, 11) is 0. The van der Waals surface area contributed by atoms with Crippen molar-refractivity contribution in [3.8, 4) is 0 Å². The number of hydrogen-bond acceptors (Lipinski definition) is 0. The molecule has 0 nitrogen and oxygen atoms in total. The second-order valence-corrected chi connectivity index (χ2v) is 6.97. The van der Waals surface area contributed by atoms with Crippen LogP contribution in [0.3, 0.4) is 0 Å². The van der Waals surface area contributed by atoms with Crippen LogP contribution < -0.4 is 0 Å². The molecule has 0 aromatic carbocycles. The molecule has 0 saturated heterocycles. The van der Waals surface area contributed by atoms with Gasteiger partial charge in [0.1, 0.15) is 0 Å². The predicted octanol–water partition coefficient (Wildman–Crippen LogP) is 1.79. The van der Waals surface area contributed by atoms with E-state index in [-0.39, 0.29) is 27.1 Å². The largest absolute Gasteiger partial charge is 0.147 e. The third-order valence-electron chi connectivity index (χ3n) is 0. The first kappa shape index (κ1) is 9.28. The monoisotopic (exact) mass is 156 g/mol. The number of rotatable bonds is 0. The van der Waals surface area contributed by atoms with Crippen molar-refractivity contribution in [1.82, 2.24) is 0 Å². The van der Waals surface area contributed by atoms with Gasteiger partial charge in [-0.3, -0.25) is 0 Å². The minimum absolute atomic E-state index is 0. The average Bonchev–Trinajstić information content (AvgIpc) is 0.811. The summed E-state index contributed by atoms with van der Waals surface area (Å²) in [4.78, 5) is 0. The number of halogens is 1. The minimum Gasteiger partial charge on any atom is -0.147 e. The molecule has 0 amide bonds. The van der Waals surface area contributed by atoms with Gasteiger partial charge in [0.2, 0.25) is 0 Å². The third-order valence-corrected chi connectivity index (χ3v) is 0. The molecule has 0 aliphatic rings. The summed E-state index contributed by atoms with van der Waals surface area (Å²) in [6, 6.07) is 0. The van der Waals surface area contributed by atoms with E-state index in [0.29, 0.717) is 0 Å². The maximum Gasteiger partial charge on any atom is -0.147 e. The molecule has 0 aliphatic carbocycles. The Morgan fingerprint density at radius 1 is 1.00 bits per heavy atom. The molecule has 0 aromatic heterocycles. The van der Waals surface area contributed by atoms with Gasteiger partial charge >= 0.3 is 31.8 Å². The summed E-state index contributed by atoms with van der Waals surface area (Å²) in [5.74, 6) is 0. The van der Waals surface area contributed by atoms with E-state index >= 15 is 0 Å². The van der Waals surface area contributed by atoms with Gasteiger partial charge in [-0.05, 0) is 0 Å². The molecule has 0 heterocycles. The van der Waals surface area contributed by atoms with Gasteiger partial charge < -0.3 is 0 Å². The van der Waals surface area contributed by atoms with Crippen molar-refractivity contribution < 1.29 is 0 Å². The molecule has 0 radical (unpaired) electrons. The Morgan fingerprint density at radius 2 is 1.00 bits per heavy atom. The van der Waals surface area contributed by atoms with E-state index < -0.39 is 0 Å². The molecule has 0 bridgehead atoms. The zero-order valence-electron chi connectivity index (χ0n) is 3.86. The van der Waals surface area contributed by atoms with E-state index in [1.54, 1.807) is 0 Å². The zero-order chi connectivity index (χ0) is 3.58. The van der Waals surface area contributed by atoms with Crippen LogP contribution in [0.5, 0.6) is 0 Å². The average molecular weight is 156 g/mol. The second kappa shape index (κ2) is 4.85. The summed E-state index contributed by atoms with van der Waals surface area (Å²) in [6.07, 6.45) is 0. The fraction of sp³-hybridized carbons (Fsp3) is 1.00. The normalized spacial score (nSPS) is 7.20. The fourth-order valence-corrected chi connectivity index (χ4v) is 0. The second-order valence-electron chi connectivity index (χ2n) is 1.34. The van der Waals surface area contributed by atoms with Gasteiger partial charge in [0.15, 0.2) is 0 Å². The van der Waals surface area contributed by atoms with Crippen LogP contribution in [0.15, 0.2) is 0 Å². The van der Waals surface area contributed by atoms with Crippen molar-refractivity contribution in [2.75, 3.05) is 0 Å². The van der Waals surface area contributed by atoms with Gasteiger partial charge in [-0.1, -0.05) is 0 Å². The molecule has 0 aliphatic heterocycles. The van der Waals surface area contributed by atoms with Crippen LogP contribution >= 0.6 is 12.4 Å². The maximum absolute atomic E-state index is 2.31. The van der Waals surface area contributed by atoms with E-state index in [2.05, 4.69) is 17.1 Å². The topological polar surface area (TPSA) is 0 Å². The van der Waals surface area contributed by atoms with Crippen LogP contribution in [0.2, 0.25) is 17.1 Å². The molecular formula is C3H10AsCl. The Labute approximate surface area is 44.6 Å². The van der Waals surface area contributed by atoms with Crippen LogP contribution in [0, 0.1) is 0 Å². The third kappa shape index (κ3) is 54.6. The molecule has 0 aromatic rings. The van der Waals surface area contributed by atoms with Crippen molar-refractivity contribution in [3.63, 3.8) is 0 Å². The van der Waals surface area contributed by atoms with E-state index in [1.165, 1.54) is 0 Å². The summed E-state index contributed by atoms with van der Waals surface area (Å²) >= 11 is -0.188. The van der Waals surface area contributed by atoms with Crippen LogP contribution in [0.1, 0.15) is 0 Å². The SMILES string of the molecule is C[As](C)C.Cl. The number of hydrogen-bond donors (Lipinski definition) is 0.